The SMILES string of the molecule is COc1ccc(NC(=O)[C@H](C)OC(=O)c2oc3c(F)cccc3c2C)cc1Cl. The predicted molar refractivity (Wildman–Crippen MR) is 102 cm³/mol. The van der Waals surface area contributed by atoms with Gasteiger partial charge in [0.15, 0.2) is 17.5 Å². The van der Waals surface area contributed by atoms with E-state index in [1.165, 1.54) is 32.2 Å². The van der Waals surface area contributed by atoms with Gasteiger partial charge in [-0.3, -0.25) is 4.79 Å². The van der Waals surface area contributed by atoms with E-state index in [1.807, 2.05) is 0 Å². The molecular formula is C20H17ClFNO5. The normalized spacial score (nSPS) is 11.9. The van der Waals surface area contributed by atoms with Crippen molar-refractivity contribution < 1.29 is 27.9 Å². The molecule has 1 heterocycles. The third kappa shape index (κ3) is 3.80. The van der Waals surface area contributed by atoms with Crippen molar-refractivity contribution in [1.29, 1.82) is 0 Å². The van der Waals surface area contributed by atoms with Crippen molar-refractivity contribution in [3.63, 3.8) is 0 Å². The van der Waals surface area contributed by atoms with Crippen LogP contribution >= 0.6 is 11.6 Å². The summed E-state index contributed by atoms with van der Waals surface area (Å²) < 4.78 is 29.4. The summed E-state index contributed by atoms with van der Waals surface area (Å²) in [5.74, 6) is -1.68. The quantitative estimate of drug-likeness (QED) is 0.621. The van der Waals surface area contributed by atoms with Crippen LogP contribution in [0, 0.1) is 12.7 Å². The number of hydrogen-bond donors (Lipinski definition) is 1. The summed E-state index contributed by atoms with van der Waals surface area (Å²) in [6.45, 7) is 3.03. The summed E-state index contributed by atoms with van der Waals surface area (Å²) in [4.78, 5) is 24.7. The standard InChI is InChI=1S/C20H17ClFNO5/c1-10-13-5-4-6-15(22)18(13)28-17(10)20(25)27-11(2)19(24)23-12-7-8-16(26-3)14(21)9-12/h4-9,11H,1-3H3,(H,23,24)/t11-/m0/s1. The smallest absolute Gasteiger partial charge is 0.375 e. The number of carbonyl (C=O) groups excluding carboxylic acids is 2. The minimum Gasteiger partial charge on any atom is -0.495 e. The van der Waals surface area contributed by atoms with Crippen molar-refractivity contribution in [1.82, 2.24) is 0 Å². The zero-order valence-corrected chi connectivity index (χ0v) is 16.1. The molecule has 1 amide bonds. The van der Waals surface area contributed by atoms with Crippen molar-refractivity contribution in [3.05, 3.63) is 58.6 Å². The van der Waals surface area contributed by atoms with E-state index < -0.39 is 23.8 Å². The van der Waals surface area contributed by atoms with E-state index in [9.17, 15) is 14.0 Å². The Morgan fingerprint density at radius 1 is 1.25 bits per heavy atom. The van der Waals surface area contributed by atoms with Crippen molar-refractivity contribution in [2.24, 2.45) is 0 Å². The highest BCUT2D eigenvalue weighted by atomic mass is 35.5. The lowest BCUT2D eigenvalue weighted by Gasteiger charge is -2.13. The van der Waals surface area contributed by atoms with Crippen LogP contribution in [-0.4, -0.2) is 25.1 Å². The number of nitrogens with one attached hydrogen (secondary N) is 1. The van der Waals surface area contributed by atoms with E-state index in [0.717, 1.165) is 0 Å². The lowest BCUT2D eigenvalue weighted by Crippen LogP contribution is -2.30. The van der Waals surface area contributed by atoms with Gasteiger partial charge in [-0.1, -0.05) is 23.7 Å². The fraction of sp³-hybridized carbons (Fsp3) is 0.200. The fourth-order valence-electron chi connectivity index (χ4n) is 2.66. The number of amides is 1. The minimum absolute atomic E-state index is 0.0306. The molecule has 1 atom stereocenters. The van der Waals surface area contributed by atoms with Crippen LogP contribution in [-0.2, 0) is 9.53 Å². The van der Waals surface area contributed by atoms with Gasteiger partial charge in [0, 0.05) is 16.6 Å². The largest absolute Gasteiger partial charge is 0.495 e. The van der Waals surface area contributed by atoms with E-state index in [1.54, 1.807) is 25.1 Å². The van der Waals surface area contributed by atoms with Crippen LogP contribution in [0.2, 0.25) is 5.02 Å². The molecule has 0 fully saturated rings. The Kier molecular flexibility index (Phi) is 5.56. The average Bonchev–Trinajstić information content (AvgIpc) is 3.00. The second-order valence-electron chi connectivity index (χ2n) is 6.06. The first-order valence-electron chi connectivity index (χ1n) is 8.34. The molecule has 0 aliphatic rings. The van der Waals surface area contributed by atoms with Crippen molar-refractivity contribution in [2.45, 2.75) is 20.0 Å². The summed E-state index contributed by atoms with van der Waals surface area (Å²) in [5, 5.41) is 3.39. The van der Waals surface area contributed by atoms with Gasteiger partial charge < -0.3 is 19.2 Å². The third-order valence-corrected chi connectivity index (χ3v) is 4.47. The van der Waals surface area contributed by atoms with Crippen LogP contribution in [0.25, 0.3) is 11.0 Å². The molecule has 0 unspecified atom stereocenters. The molecule has 3 aromatic rings. The maximum atomic E-state index is 13.8. The molecule has 8 heteroatoms. The first-order valence-corrected chi connectivity index (χ1v) is 8.72. The molecule has 6 nitrogen and oxygen atoms in total. The molecule has 2 aromatic carbocycles. The number of esters is 1. The lowest BCUT2D eigenvalue weighted by atomic mass is 10.1. The van der Waals surface area contributed by atoms with Crippen LogP contribution in [0.5, 0.6) is 5.75 Å². The summed E-state index contributed by atoms with van der Waals surface area (Å²) >= 11 is 6.02. The number of aryl methyl sites for hydroxylation is 1. The van der Waals surface area contributed by atoms with Crippen LogP contribution in [0.15, 0.2) is 40.8 Å². The molecule has 0 saturated carbocycles. The van der Waals surface area contributed by atoms with Gasteiger partial charge in [-0.2, -0.15) is 0 Å². The minimum atomic E-state index is -1.12. The Morgan fingerprint density at radius 2 is 2.00 bits per heavy atom. The highest BCUT2D eigenvalue weighted by molar-refractivity contribution is 6.32. The number of carbonyl (C=O) groups is 2. The van der Waals surface area contributed by atoms with Crippen molar-refractivity contribution >= 4 is 40.1 Å². The number of methoxy groups -OCH3 is 1. The maximum Gasteiger partial charge on any atom is 0.375 e. The summed E-state index contributed by atoms with van der Waals surface area (Å²) in [5.41, 5.74) is 0.826. The Balaban J connectivity index is 1.72. The number of halogens is 2. The van der Waals surface area contributed by atoms with E-state index in [2.05, 4.69) is 5.32 Å². The first kappa shape index (κ1) is 19.7. The van der Waals surface area contributed by atoms with E-state index >= 15 is 0 Å². The number of fused-ring (bicyclic) bond motifs is 1. The first-order chi connectivity index (χ1) is 13.3. The van der Waals surface area contributed by atoms with Crippen LogP contribution in [0.4, 0.5) is 10.1 Å². The average molecular weight is 406 g/mol. The predicted octanol–water partition coefficient (Wildman–Crippen LogP) is 4.73. The number of rotatable bonds is 5. The Labute approximate surface area is 165 Å². The molecule has 3 rings (SSSR count). The van der Waals surface area contributed by atoms with Crippen molar-refractivity contribution in [3.8, 4) is 5.75 Å². The molecule has 0 aliphatic carbocycles. The molecule has 0 saturated heterocycles. The number of ether oxygens (including phenoxy) is 2. The second-order valence-corrected chi connectivity index (χ2v) is 6.47. The van der Waals surface area contributed by atoms with Gasteiger partial charge in [0.05, 0.1) is 12.1 Å². The zero-order chi connectivity index (χ0) is 20.4. The number of para-hydroxylation sites is 1. The summed E-state index contributed by atoms with van der Waals surface area (Å²) in [6.07, 6.45) is -1.12. The van der Waals surface area contributed by atoms with Crippen LogP contribution < -0.4 is 10.1 Å². The molecule has 0 bridgehead atoms. The lowest BCUT2D eigenvalue weighted by molar-refractivity contribution is -0.123. The van der Waals surface area contributed by atoms with E-state index in [4.69, 9.17) is 25.5 Å². The molecule has 146 valence electrons. The number of benzene rings is 2. The fourth-order valence-corrected chi connectivity index (χ4v) is 2.92. The molecule has 1 N–H and O–H groups in total. The molecule has 0 aliphatic heterocycles. The zero-order valence-electron chi connectivity index (χ0n) is 15.3. The highest BCUT2D eigenvalue weighted by Gasteiger charge is 2.25. The van der Waals surface area contributed by atoms with Gasteiger partial charge in [-0.25, -0.2) is 9.18 Å². The molecule has 0 spiro atoms. The summed E-state index contributed by atoms with van der Waals surface area (Å²) in [7, 11) is 1.48. The van der Waals surface area contributed by atoms with Crippen LogP contribution in [0.1, 0.15) is 23.0 Å². The molecular weight excluding hydrogens is 389 g/mol. The number of anilines is 1. The second kappa shape index (κ2) is 7.90. The molecule has 1 aromatic heterocycles. The van der Waals surface area contributed by atoms with E-state index in [0.29, 0.717) is 27.4 Å². The van der Waals surface area contributed by atoms with E-state index in [-0.39, 0.29) is 11.3 Å². The number of hydrogen-bond acceptors (Lipinski definition) is 5. The molecule has 0 radical (unpaired) electrons. The Bertz CT molecular complexity index is 1060. The molecule has 28 heavy (non-hydrogen) atoms. The number of furan rings is 1. The Morgan fingerprint density at radius 3 is 2.64 bits per heavy atom. The van der Waals surface area contributed by atoms with Gasteiger partial charge in [-0.05, 0) is 38.1 Å². The van der Waals surface area contributed by atoms with Gasteiger partial charge in [0.2, 0.25) is 5.76 Å². The van der Waals surface area contributed by atoms with Gasteiger partial charge in [-0.15, -0.1) is 0 Å². The summed E-state index contributed by atoms with van der Waals surface area (Å²) in [6, 6.07) is 9.10. The highest BCUT2D eigenvalue weighted by Crippen LogP contribution is 2.29. The maximum absolute atomic E-state index is 13.8. The van der Waals surface area contributed by atoms with Crippen LogP contribution in [0.3, 0.4) is 0 Å². The third-order valence-electron chi connectivity index (χ3n) is 4.17. The monoisotopic (exact) mass is 405 g/mol. The van der Waals surface area contributed by atoms with Gasteiger partial charge in [0.25, 0.3) is 5.91 Å². The van der Waals surface area contributed by atoms with Crippen molar-refractivity contribution in [2.75, 3.05) is 12.4 Å². The topological polar surface area (TPSA) is 77.8 Å². The van der Waals surface area contributed by atoms with Gasteiger partial charge in [0.1, 0.15) is 5.75 Å². The Hall–Kier alpha value is -3.06. The van der Waals surface area contributed by atoms with Gasteiger partial charge >= 0.3 is 5.97 Å².